The second kappa shape index (κ2) is 9.18. The average Bonchev–Trinajstić information content (AvgIpc) is 2.67. The number of methoxy groups -OCH3 is 3. The van der Waals surface area contributed by atoms with Gasteiger partial charge < -0.3 is 14.2 Å². The van der Waals surface area contributed by atoms with E-state index in [1.54, 1.807) is 12.1 Å². The Labute approximate surface area is 155 Å². The Morgan fingerprint density at radius 2 is 1.70 bits per heavy atom. The van der Waals surface area contributed by atoms with Gasteiger partial charge in [0.1, 0.15) is 0 Å². The molecule has 0 aliphatic heterocycles. The van der Waals surface area contributed by atoms with E-state index in [1.165, 1.54) is 51.8 Å². The Hall–Kier alpha value is -3.62. The topological polar surface area (TPSA) is 112 Å². The summed E-state index contributed by atoms with van der Waals surface area (Å²) in [6.07, 6.45) is 1.49. The first-order valence-corrected chi connectivity index (χ1v) is 7.83. The minimum Gasteiger partial charge on any atom is -0.493 e. The summed E-state index contributed by atoms with van der Waals surface area (Å²) < 4.78 is 15.7. The molecule has 2 aromatic carbocycles. The van der Waals surface area contributed by atoms with Gasteiger partial charge in [-0.05, 0) is 17.7 Å². The molecule has 0 saturated heterocycles. The first-order chi connectivity index (χ1) is 13.0. The third kappa shape index (κ3) is 5.18. The van der Waals surface area contributed by atoms with E-state index in [1.807, 2.05) is 0 Å². The molecule has 0 saturated carbocycles. The zero-order valence-electron chi connectivity index (χ0n) is 15.1. The van der Waals surface area contributed by atoms with Crippen molar-refractivity contribution in [3.05, 3.63) is 57.6 Å². The van der Waals surface area contributed by atoms with Crippen LogP contribution in [0.15, 0.2) is 41.5 Å². The van der Waals surface area contributed by atoms with Crippen LogP contribution in [-0.4, -0.2) is 38.4 Å². The van der Waals surface area contributed by atoms with E-state index in [4.69, 9.17) is 14.2 Å². The van der Waals surface area contributed by atoms with Crippen molar-refractivity contribution in [2.45, 2.75) is 6.42 Å². The number of non-ortho nitro benzene ring substituents is 1. The maximum Gasteiger partial charge on any atom is 0.269 e. The van der Waals surface area contributed by atoms with Crippen LogP contribution in [0.3, 0.4) is 0 Å². The first-order valence-electron chi connectivity index (χ1n) is 7.83. The SMILES string of the molecule is COc1cc(/C=N/NC(=O)Cc2ccc([N+](=O)[O-])cc2)cc(OC)c1OC. The number of amides is 1. The molecule has 27 heavy (non-hydrogen) atoms. The van der Waals surface area contributed by atoms with Crippen molar-refractivity contribution in [1.29, 1.82) is 0 Å². The van der Waals surface area contributed by atoms with E-state index in [0.717, 1.165) is 0 Å². The lowest BCUT2D eigenvalue weighted by molar-refractivity contribution is -0.384. The number of hydrogen-bond donors (Lipinski definition) is 1. The van der Waals surface area contributed by atoms with Crippen LogP contribution >= 0.6 is 0 Å². The molecule has 0 unspecified atom stereocenters. The summed E-state index contributed by atoms with van der Waals surface area (Å²) in [4.78, 5) is 22.1. The molecule has 9 nitrogen and oxygen atoms in total. The van der Waals surface area contributed by atoms with Crippen LogP contribution in [0.25, 0.3) is 0 Å². The van der Waals surface area contributed by atoms with Gasteiger partial charge in [0.05, 0.1) is 38.9 Å². The number of nitrogens with one attached hydrogen (secondary N) is 1. The van der Waals surface area contributed by atoms with Gasteiger partial charge in [-0.25, -0.2) is 5.43 Å². The maximum absolute atomic E-state index is 11.9. The van der Waals surface area contributed by atoms with Gasteiger partial charge in [-0.15, -0.1) is 0 Å². The number of rotatable bonds is 8. The zero-order chi connectivity index (χ0) is 19.8. The number of hydrazone groups is 1. The summed E-state index contributed by atoms with van der Waals surface area (Å²) in [7, 11) is 4.51. The molecule has 2 aromatic rings. The number of hydrogen-bond acceptors (Lipinski definition) is 7. The van der Waals surface area contributed by atoms with Crippen molar-refractivity contribution in [2.24, 2.45) is 5.10 Å². The Morgan fingerprint density at radius 3 is 2.19 bits per heavy atom. The van der Waals surface area contributed by atoms with Crippen molar-refractivity contribution in [3.8, 4) is 17.2 Å². The number of nitro benzene ring substituents is 1. The highest BCUT2D eigenvalue weighted by Gasteiger charge is 2.12. The van der Waals surface area contributed by atoms with Crippen LogP contribution in [0.4, 0.5) is 5.69 Å². The smallest absolute Gasteiger partial charge is 0.269 e. The minimum absolute atomic E-state index is 0.0282. The van der Waals surface area contributed by atoms with Gasteiger partial charge in [-0.1, -0.05) is 12.1 Å². The Bertz CT molecular complexity index is 824. The molecule has 0 spiro atoms. The number of ether oxygens (including phenoxy) is 3. The van der Waals surface area contributed by atoms with Gasteiger partial charge in [0, 0.05) is 17.7 Å². The molecule has 0 aliphatic rings. The molecule has 1 amide bonds. The van der Waals surface area contributed by atoms with Gasteiger partial charge in [-0.3, -0.25) is 14.9 Å². The van der Waals surface area contributed by atoms with Gasteiger partial charge in [0.25, 0.3) is 5.69 Å². The van der Waals surface area contributed by atoms with Crippen LogP contribution in [-0.2, 0) is 11.2 Å². The Morgan fingerprint density at radius 1 is 1.11 bits per heavy atom. The van der Waals surface area contributed by atoms with Crippen LogP contribution in [0, 0.1) is 10.1 Å². The lowest BCUT2D eigenvalue weighted by Crippen LogP contribution is -2.19. The number of nitrogens with zero attached hydrogens (tertiary/aromatic N) is 2. The fourth-order valence-electron chi connectivity index (χ4n) is 2.32. The number of benzene rings is 2. The summed E-state index contributed by atoms with van der Waals surface area (Å²) in [5.74, 6) is 1.04. The van der Waals surface area contributed by atoms with E-state index < -0.39 is 4.92 Å². The zero-order valence-corrected chi connectivity index (χ0v) is 15.1. The molecule has 9 heteroatoms. The number of carbonyl (C=O) groups is 1. The first kappa shape index (κ1) is 19.7. The molecule has 0 fully saturated rings. The predicted molar refractivity (Wildman–Crippen MR) is 98.6 cm³/mol. The Kier molecular flexibility index (Phi) is 6.70. The summed E-state index contributed by atoms with van der Waals surface area (Å²) >= 11 is 0. The van der Waals surface area contributed by atoms with E-state index in [9.17, 15) is 14.9 Å². The predicted octanol–water partition coefficient (Wildman–Crippen LogP) is 2.31. The number of carbonyl (C=O) groups excluding carboxylic acids is 1. The summed E-state index contributed by atoms with van der Waals surface area (Å²) in [6, 6.07) is 9.13. The molecule has 0 radical (unpaired) electrons. The average molecular weight is 373 g/mol. The highest BCUT2D eigenvalue weighted by atomic mass is 16.6. The maximum atomic E-state index is 11.9. The third-order valence-electron chi connectivity index (χ3n) is 3.60. The molecule has 1 N–H and O–H groups in total. The summed E-state index contributed by atoms with van der Waals surface area (Å²) in [5, 5.41) is 14.5. The lowest BCUT2D eigenvalue weighted by atomic mass is 10.1. The molecule has 0 heterocycles. The fraction of sp³-hybridized carbons (Fsp3) is 0.222. The van der Waals surface area contributed by atoms with Crippen LogP contribution in [0.5, 0.6) is 17.2 Å². The largest absolute Gasteiger partial charge is 0.493 e. The van der Waals surface area contributed by atoms with E-state index in [2.05, 4.69) is 10.5 Å². The fourth-order valence-corrected chi connectivity index (χ4v) is 2.32. The second-order valence-electron chi connectivity index (χ2n) is 5.35. The van der Waals surface area contributed by atoms with E-state index >= 15 is 0 Å². The molecular formula is C18H19N3O6. The van der Waals surface area contributed by atoms with Crippen molar-refractivity contribution in [1.82, 2.24) is 5.43 Å². The van der Waals surface area contributed by atoms with Crippen molar-refractivity contribution >= 4 is 17.8 Å². The van der Waals surface area contributed by atoms with Gasteiger partial charge >= 0.3 is 0 Å². The summed E-state index contributed by atoms with van der Waals surface area (Å²) in [6.45, 7) is 0. The van der Waals surface area contributed by atoms with Gasteiger partial charge in [0.15, 0.2) is 11.5 Å². The van der Waals surface area contributed by atoms with Crippen molar-refractivity contribution in [2.75, 3.05) is 21.3 Å². The van der Waals surface area contributed by atoms with Crippen LogP contribution in [0.1, 0.15) is 11.1 Å². The molecule has 142 valence electrons. The van der Waals surface area contributed by atoms with E-state index in [-0.39, 0.29) is 18.0 Å². The normalized spacial score (nSPS) is 10.5. The second-order valence-corrected chi connectivity index (χ2v) is 5.35. The highest BCUT2D eigenvalue weighted by molar-refractivity contribution is 5.85. The molecule has 0 bridgehead atoms. The standard InChI is InChI=1S/C18H19N3O6/c1-25-15-8-13(9-16(26-2)18(15)27-3)11-19-20-17(22)10-12-4-6-14(7-5-12)21(23)24/h4-9,11H,10H2,1-3H3,(H,20,22)/b19-11+. The molecule has 0 aromatic heterocycles. The Balaban J connectivity index is 2.02. The van der Waals surface area contributed by atoms with Crippen LogP contribution < -0.4 is 19.6 Å². The monoisotopic (exact) mass is 373 g/mol. The molecule has 0 atom stereocenters. The third-order valence-corrected chi connectivity index (χ3v) is 3.60. The lowest BCUT2D eigenvalue weighted by Gasteiger charge is -2.12. The molecule has 0 aliphatic carbocycles. The van der Waals surface area contributed by atoms with Crippen molar-refractivity contribution < 1.29 is 23.9 Å². The van der Waals surface area contributed by atoms with Gasteiger partial charge in [0.2, 0.25) is 11.7 Å². The minimum atomic E-state index is -0.494. The highest BCUT2D eigenvalue weighted by Crippen LogP contribution is 2.37. The quantitative estimate of drug-likeness (QED) is 0.432. The summed E-state index contributed by atoms with van der Waals surface area (Å²) in [5.41, 5.74) is 3.66. The van der Waals surface area contributed by atoms with Crippen molar-refractivity contribution in [3.63, 3.8) is 0 Å². The molecular weight excluding hydrogens is 354 g/mol. The van der Waals surface area contributed by atoms with Crippen LogP contribution in [0.2, 0.25) is 0 Å². The molecule has 2 rings (SSSR count). The van der Waals surface area contributed by atoms with Gasteiger partial charge in [-0.2, -0.15) is 5.10 Å². The van der Waals surface area contributed by atoms with E-state index in [0.29, 0.717) is 28.4 Å². The number of nitro groups is 1.